The monoisotopic (exact) mass is 300 g/mol. The lowest BCUT2D eigenvalue weighted by atomic mass is 10.2. The normalized spacial score (nSPS) is 11.9. The molecule has 1 heterocycles. The number of sulfone groups is 1. The SMILES string of the molecule is CC(C)(C)S(=O)(=O)CC(=O)Nc1cc(C(=O)O)ccn1. The van der Waals surface area contributed by atoms with Crippen molar-refractivity contribution in [2.45, 2.75) is 25.5 Å². The van der Waals surface area contributed by atoms with Gasteiger partial charge in [0.2, 0.25) is 5.91 Å². The highest BCUT2D eigenvalue weighted by Crippen LogP contribution is 2.16. The van der Waals surface area contributed by atoms with Gasteiger partial charge in [0.1, 0.15) is 11.6 Å². The first kappa shape index (κ1) is 16.1. The Balaban J connectivity index is 2.83. The molecular formula is C12H16N2O5S. The van der Waals surface area contributed by atoms with E-state index in [1.165, 1.54) is 33.0 Å². The number of hydrogen-bond donors (Lipinski definition) is 2. The predicted molar refractivity (Wildman–Crippen MR) is 73.4 cm³/mol. The third-order valence-corrected chi connectivity index (χ3v) is 5.04. The number of nitrogens with one attached hydrogen (secondary N) is 1. The van der Waals surface area contributed by atoms with Gasteiger partial charge in [0.15, 0.2) is 9.84 Å². The van der Waals surface area contributed by atoms with E-state index in [-0.39, 0.29) is 11.4 Å². The number of pyridine rings is 1. The van der Waals surface area contributed by atoms with Gasteiger partial charge < -0.3 is 10.4 Å². The minimum atomic E-state index is -3.60. The minimum absolute atomic E-state index is 0.000917. The first-order valence-corrected chi connectivity index (χ1v) is 7.39. The molecule has 20 heavy (non-hydrogen) atoms. The summed E-state index contributed by atoms with van der Waals surface area (Å²) in [4.78, 5) is 26.2. The number of carbonyl (C=O) groups excluding carboxylic acids is 1. The zero-order valence-corrected chi connectivity index (χ0v) is 12.2. The van der Waals surface area contributed by atoms with Crippen molar-refractivity contribution in [3.05, 3.63) is 23.9 Å². The van der Waals surface area contributed by atoms with Gasteiger partial charge in [-0.1, -0.05) is 0 Å². The van der Waals surface area contributed by atoms with Crippen LogP contribution >= 0.6 is 0 Å². The van der Waals surface area contributed by atoms with Gasteiger partial charge in [-0.3, -0.25) is 4.79 Å². The zero-order valence-electron chi connectivity index (χ0n) is 11.4. The van der Waals surface area contributed by atoms with Crippen molar-refractivity contribution in [1.29, 1.82) is 0 Å². The van der Waals surface area contributed by atoms with E-state index in [4.69, 9.17) is 5.11 Å². The summed E-state index contributed by atoms with van der Waals surface area (Å²) in [5.74, 6) is -2.60. The summed E-state index contributed by atoms with van der Waals surface area (Å²) in [7, 11) is -3.60. The standard InChI is InChI=1S/C12H16N2O5S/c1-12(2,3)20(18,19)7-10(15)14-9-6-8(11(16)17)4-5-13-9/h4-6H,7H2,1-3H3,(H,16,17)(H,13,14,15). The van der Waals surface area contributed by atoms with Crippen LogP contribution in [0, 0.1) is 0 Å². The van der Waals surface area contributed by atoms with E-state index in [9.17, 15) is 18.0 Å². The molecule has 0 aliphatic heterocycles. The highest BCUT2D eigenvalue weighted by atomic mass is 32.2. The van der Waals surface area contributed by atoms with Gasteiger partial charge in [0.05, 0.1) is 10.3 Å². The molecule has 8 heteroatoms. The number of carbonyl (C=O) groups is 2. The number of aromatic carboxylic acids is 1. The van der Waals surface area contributed by atoms with Crippen LogP contribution in [-0.4, -0.2) is 40.9 Å². The summed E-state index contributed by atoms with van der Waals surface area (Å²) in [6, 6.07) is 2.42. The number of hydrogen-bond acceptors (Lipinski definition) is 5. The van der Waals surface area contributed by atoms with E-state index in [1.807, 2.05) is 0 Å². The summed E-state index contributed by atoms with van der Waals surface area (Å²) >= 11 is 0. The molecule has 0 fully saturated rings. The number of carboxylic acid groups (broad SMARTS) is 1. The van der Waals surface area contributed by atoms with Crippen molar-refractivity contribution < 1.29 is 23.1 Å². The minimum Gasteiger partial charge on any atom is -0.478 e. The third kappa shape index (κ3) is 4.02. The molecule has 0 saturated carbocycles. The molecule has 2 N–H and O–H groups in total. The molecule has 0 spiro atoms. The second-order valence-corrected chi connectivity index (χ2v) is 7.90. The second-order valence-electron chi connectivity index (χ2n) is 5.15. The molecule has 1 aromatic heterocycles. The smallest absolute Gasteiger partial charge is 0.335 e. The Morgan fingerprint density at radius 3 is 2.45 bits per heavy atom. The largest absolute Gasteiger partial charge is 0.478 e. The van der Waals surface area contributed by atoms with Crippen molar-refractivity contribution >= 4 is 27.5 Å². The molecule has 110 valence electrons. The van der Waals surface area contributed by atoms with Gasteiger partial charge >= 0.3 is 5.97 Å². The number of amides is 1. The fraction of sp³-hybridized carbons (Fsp3) is 0.417. The third-order valence-electron chi connectivity index (χ3n) is 2.53. The van der Waals surface area contributed by atoms with Crippen molar-refractivity contribution in [2.24, 2.45) is 0 Å². The Morgan fingerprint density at radius 1 is 1.35 bits per heavy atom. The number of carboxylic acids is 1. The molecule has 0 bridgehead atoms. The number of anilines is 1. The molecule has 0 aromatic carbocycles. The van der Waals surface area contributed by atoms with Crippen LogP contribution in [-0.2, 0) is 14.6 Å². The van der Waals surface area contributed by atoms with Crippen LogP contribution in [0.15, 0.2) is 18.3 Å². The predicted octanol–water partition coefficient (Wildman–Crippen LogP) is 0.932. The summed E-state index contributed by atoms with van der Waals surface area (Å²) in [5.41, 5.74) is -0.0472. The van der Waals surface area contributed by atoms with Crippen molar-refractivity contribution in [3.8, 4) is 0 Å². The van der Waals surface area contributed by atoms with Crippen LogP contribution in [0.5, 0.6) is 0 Å². The van der Waals surface area contributed by atoms with Crippen LogP contribution in [0.2, 0.25) is 0 Å². The van der Waals surface area contributed by atoms with E-state index < -0.39 is 32.2 Å². The lowest BCUT2D eigenvalue weighted by Crippen LogP contribution is -2.35. The van der Waals surface area contributed by atoms with E-state index in [2.05, 4.69) is 10.3 Å². The van der Waals surface area contributed by atoms with Crippen LogP contribution in [0.3, 0.4) is 0 Å². The summed E-state index contributed by atoms with van der Waals surface area (Å²) in [6.07, 6.45) is 1.22. The van der Waals surface area contributed by atoms with Gasteiger partial charge in [0.25, 0.3) is 0 Å². The molecular weight excluding hydrogens is 284 g/mol. The average molecular weight is 300 g/mol. The van der Waals surface area contributed by atoms with E-state index in [1.54, 1.807) is 0 Å². The molecule has 0 atom stereocenters. The first-order valence-electron chi connectivity index (χ1n) is 5.74. The quantitative estimate of drug-likeness (QED) is 0.855. The Morgan fingerprint density at radius 2 is 1.95 bits per heavy atom. The van der Waals surface area contributed by atoms with Crippen molar-refractivity contribution in [2.75, 3.05) is 11.1 Å². The molecule has 0 saturated heterocycles. The second kappa shape index (κ2) is 5.58. The van der Waals surface area contributed by atoms with Crippen LogP contribution in [0.4, 0.5) is 5.82 Å². The maximum absolute atomic E-state index is 11.9. The highest BCUT2D eigenvalue weighted by molar-refractivity contribution is 7.93. The van der Waals surface area contributed by atoms with E-state index >= 15 is 0 Å². The Hall–Kier alpha value is -1.96. The Kier molecular flexibility index (Phi) is 4.49. The average Bonchev–Trinajstić information content (AvgIpc) is 2.26. The fourth-order valence-corrected chi connectivity index (χ4v) is 2.05. The van der Waals surface area contributed by atoms with E-state index in [0.29, 0.717) is 0 Å². The number of rotatable bonds is 4. The molecule has 7 nitrogen and oxygen atoms in total. The molecule has 0 radical (unpaired) electrons. The van der Waals surface area contributed by atoms with Gasteiger partial charge in [0, 0.05) is 6.20 Å². The van der Waals surface area contributed by atoms with Gasteiger partial charge in [-0.2, -0.15) is 0 Å². The van der Waals surface area contributed by atoms with Gasteiger partial charge in [-0.15, -0.1) is 0 Å². The maximum atomic E-state index is 11.9. The summed E-state index contributed by atoms with van der Waals surface area (Å²) in [5, 5.41) is 11.1. The molecule has 1 aromatic rings. The lowest BCUT2D eigenvalue weighted by Gasteiger charge is -2.18. The zero-order chi connectivity index (χ0) is 15.6. The Bertz CT molecular complexity index is 631. The molecule has 0 aliphatic carbocycles. The highest BCUT2D eigenvalue weighted by Gasteiger charge is 2.31. The van der Waals surface area contributed by atoms with Gasteiger partial charge in [-0.25, -0.2) is 18.2 Å². The number of aromatic nitrogens is 1. The van der Waals surface area contributed by atoms with Crippen molar-refractivity contribution in [1.82, 2.24) is 4.98 Å². The number of nitrogens with zero attached hydrogens (tertiary/aromatic N) is 1. The molecule has 0 aliphatic rings. The molecule has 1 rings (SSSR count). The van der Waals surface area contributed by atoms with E-state index in [0.717, 1.165) is 6.07 Å². The summed E-state index contributed by atoms with van der Waals surface area (Å²) < 4.78 is 22.7. The maximum Gasteiger partial charge on any atom is 0.335 e. The Labute approximate surface area is 116 Å². The van der Waals surface area contributed by atoms with Crippen LogP contribution < -0.4 is 5.32 Å². The fourth-order valence-electron chi connectivity index (χ4n) is 1.20. The molecule has 0 unspecified atom stereocenters. The topological polar surface area (TPSA) is 113 Å². The lowest BCUT2D eigenvalue weighted by molar-refractivity contribution is -0.113. The molecule has 1 amide bonds. The van der Waals surface area contributed by atoms with Crippen LogP contribution in [0.1, 0.15) is 31.1 Å². The summed E-state index contributed by atoms with van der Waals surface area (Å²) in [6.45, 7) is 4.50. The van der Waals surface area contributed by atoms with Crippen LogP contribution in [0.25, 0.3) is 0 Å². The van der Waals surface area contributed by atoms with Crippen molar-refractivity contribution in [3.63, 3.8) is 0 Å². The first-order chi connectivity index (χ1) is 9.03. The van der Waals surface area contributed by atoms with Gasteiger partial charge in [-0.05, 0) is 32.9 Å².